The molecule has 2 heterocycles. The number of pyridine rings is 1. The Labute approximate surface area is 191 Å². The summed E-state index contributed by atoms with van der Waals surface area (Å²) in [6.45, 7) is 3.22. The Kier molecular flexibility index (Phi) is 7.16. The third-order valence-electron chi connectivity index (χ3n) is 5.80. The molecule has 172 valence electrons. The average Bonchev–Trinajstić information content (AvgIpc) is 2.83. The second-order valence-electron chi connectivity index (χ2n) is 8.20. The van der Waals surface area contributed by atoms with E-state index in [9.17, 15) is 9.59 Å². The smallest absolute Gasteiger partial charge is 0.251 e. The number of carbonyl (C=O) groups excluding carboxylic acids is 2. The van der Waals surface area contributed by atoms with Gasteiger partial charge in [-0.15, -0.1) is 0 Å². The molecule has 2 atom stereocenters. The quantitative estimate of drug-likeness (QED) is 0.378. The Morgan fingerprint density at radius 2 is 1.97 bits per heavy atom. The number of nitrogens with zero attached hydrogens (tertiary/aromatic N) is 1. The summed E-state index contributed by atoms with van der Waals surface area (Å²) in [5.41, 5.74) is 5.06. The van der Waals surface area contributed by atoms with Crippen LogP contribution in [0.2, 0.25) is 0 Å². The number of para-hydroxylation sites is 1. The molecule has 1 aliphatic rings. The van der Waals surface area contributed by atoms with Crippen LogP contribution in [-0.4, -0.2) is 41.3 Å². The first kappa shape index (κ1) is 22.7. The number of amides is 2. The number of hydrogen-bond acceptors (Lipinski definition) is 6. The maximum absolute atomic E-state index is 12.7. The lowest BCUT2D eigenvalue weighted by Crippen LogP contribution is -2.47. The molecule has 0 spiro atoms. The largest absolute Gasteiger partial charge is 0.489 e. The van der Waals surface area contributed by atoms with E-state index in [4.69, 9.17) is 14.7 Å². The van der Waals surface area contributed by atoms with Gasteiger partial charge in [0.25, 0.3) is 5.91 Å². The van der Waals surface area contributed by atoms with E-state index in [0.29, 0.717) is 37.6 Å². The van der Waals surface area contributed by atoms with Crippen molar-refractivity contribution in [2.45, 2.75) is 32.4 Å². The maximum Gasteiger partial charge on any atom is 0.251 e. The van der Waals surface area contributed by atoms with Gasteiger partial charge in [0, 0.05) is 47.2 Å². The van der Waals surface area contributed by atoms with Gasteiger partial charge in [0.2, 0.25) is 5.91 Å². The Hall–Kier alpha value is -3.49. The molecule has 0 aliphatic carbocycles. The molecule has 8 nitrogen and oxygen atoms in total. The standard InChI is InChI=1S/C25H27N3O5/c1-16-12-18(21-4-2-3-5-23(21)26-16)15-33-20-8-6-17(7-9-20)25(30)27-22-10-11-32-14-19(22)13-24(29)28-31/h2-9,12,19,22,31H,10-11,13-15H2,1H3,(H,27,30)(H,28,29)/t19-,22+/m0/s1. The van der Waals surface area contributed by atoms with Gasteiger partial charge in [-0.1, -0.05) is 18.2 Å². The summed E-state index contributed by atoms with van der Waals surface area (Å²) in [4.78, 5) is 28.8. The molecule has 4 rings (SSSR count). The summed E-state index contributed by atoms with van der Waals surface area (Å²) >= 11 is 0. The van der Waals surface area contributed by atoms with Gasteiger partial charge < -0.3 is 14.8 Å². The normalized spacial score (nSPS) is 18.0. The highest BCUT2D eigenvalue weighted by Gasteiger charge is 2.29. The Morgan fingerprint density at radius 3 is 2.76 bits per heavy atom. The zero-order valence-electron chi connectivity index (χ0n) is 18.4. The van der Waals surface area contributed by atoms with Crippen molar-refractivity contribution in [2.24, 2.45) is 5.92 Å². The molecule has 3 N–H and O–H groups in total. The van der Waals surface area contributed by atoms with E-state index in [-0.39, 0.29) is 24.3 Å². The number of nitrogens with one attached hydrogen (secondary N) is 2. The van der Waals surface area contributed by atoms with Crippen LogP contribution in [0.15, 0.2) is 54.6 Å². The first-order valence-electron chi connectivity index (χ1n) is 10.9. The number of fused-ring (bicyclic) bond motifs is 1. The summed E-state index contributed by atoms with van der Waals surface area (Å²) in [6, 6.07) is 16.7. The molecular formula is C25H27N3O5. The number of aromatic nitrogens is 1. The summed E-state index contributed by atoms with van der Waals surface area (Å²) in [7, 11) is 0. The molecule has 8 heteroatoms. The van der Waals surface area contributed by atoms with Crippen molar-refractivity contribution in [1.29, 1.82) is 0 Å². The number of benzene rings is 2. The van der Waals surface area contributed by atoms with Gasteiger partial charge in [0.1, 0.15) is 12.4 Å². The maximum atomic E-state index is 12.7. The minimum Gasteiger partial charge on any atom is -0.489 e. The number of carbonyl (C=O) groups is 2. The van der Waals surface area contributed by atoms with Crippen molar-refractivity contribution in [3.8, 4) is 5.75 Å². The minimum absolute atomic E-state index is 0.0807. The highest BCUT2D eigenvalue weighted by molar-refractivity contribution is 5.94. The van der Waals surface area contributed by atoms with Crippen molar-refractivity contribution >= 4 is 22.7 Å². The van der Waals surface area contributed by atoms with Crippen molar-refractivity contribution in [2.75, 3.05) is 13.2 Å². The lowest BCUT2D eigenvalue weighted by molar-refractivity contribution is -0.131. The predicted molar refractivity (Wildman–Crippen MR) is 122 cm³/mol. The molecule has 1 saturated heterocycles. The first-order chi connectivity index (χ1) is 16.0. The summed E-state index contributed by atoms with van der Waals surface area (Å²) in [6.07, 6.45) is 0.688. The zero-order chi connectivity index (χ0) is 23.2. The average molecular weight is 450 g/mol. The van der Waals surface area contributed by atoms with Gasteiger partial charge in [-0.05, 0) is 49.7 Å². The lowest BCUT2D eigenvalue weighted by Gasteiger charge is -2.31. The van der Waals surface area contributed by atoms with Gasteiger partial charge >= 0.3 is 0 Å². The number of hydrogen-bond donors (Lipinski definition) is 3. The van der Waals surface area contributed by atoms with Crippen LogP contribution < -0.4 is 15.5 Å². The van der Waals surface area contributed by atoms with Crippen LogP contribution in [0.25, 0.3) is 10.9 Å². The number of rotatable bonds is 7. The molecule has 1 fully saturated rings. The van der Waals surface area contributed by atoms with E-state index < -0.39 is 5.91 Å². The van der Waals surface area contributed by atoms with E-state index in [1.54, 1.807) is 29.7 Å². The predicted octanol–water partition coefficient (Wildman–Crippen LogP) is 3.15. The first-order valence-corrected chi connectivity index (χ1v) is 10.9. The lowest BCUT2D eigenvalue weighted by atomic mass is 9.92. The van der Waals surface area contributed by atoms with Crippen LogP contribution in [0.1, 0.15) is 34.5 Å². The third kappa shape index (κ3) is 5.66. The van der Waals surface area contributed by atoms with Crippen molar-refractivity contribution in [3.05, 3.63) is 71.4 Å². The SMILES string of the molecule is Cc1cc(COc2ccc(C(=O)N[C@@H]3CCOC[C@@H]3CC(=O)NO)cc2)c2ccccc2n1. The van der Waals surface area contributed by atoms with Crippen LogP contribution in [0.4, 0.5) is 0 Å². The van der Waals surface area contributed by atoms with Crippen molar-refractivity contribution < 1.29 is 24.3 Å². The Balaban J connectivity index is 1.38. The molecule has 0 bridgehead atoms. The van der Waals surface area contributed by atoms with E-state index in [1.807, 2.05) is 37.3 Å². The molecule has 1 aliphatic heterocycles. The van der Waals surface area contributed by atoms with E-state index in [0.717, 1.165) is 22.2 Å². The fourth-order valence-corrected chi connectivity index (χ4v) is 4.10. The Bertz CT molecular complexity index is 1130. The highest BCUT2D eigenvalue weighted by Crippen LogP contribution is 2.22. The van der Waals surface area contributed by atoms with Gasteiger partial charge in [-0.2, -0.15) is 0 Å². The van der Waals surface area contributed by atoms with Crippen LogP contribution in [0.5, 0.6) is 5.75 Å². The molecular weight excluding hydrogens is 422 g/mol. The van der Waals surface area contributed by atoms with Crippen molar-refractivity contribution in [3.63, 3.8) is 0 Å². The van der Waals surface area contributed by atoms with Gasteiger partial charge in [0.05, 0.1) is 12.1 Å². The second kappa shape index (κ2) is 10.4. The summed E-state index contributed by atoms with van der Waals surface area (Å²) in [5.74, 6) is -0.258. The molecule has 3 aromatic rings. The van der Waals surface area contributed by atoms with E-state index >= 15 is 0 Å². The number of ether oxygens (including phenoxy) is 2. The molecule has 0 saturated carbocycles. The molecule has 0 radical (unpaired) electrons. The number of hydroxylamine groups is 1. The molecule has 0 unspecified atom stereocenters. The molecule has 2 amide bonds. The molecule has 33 heavy (non-hydrogen) atoms. The van der Waals surface area contributed by atoms with E-state index in [1.165, 1.54) is 0 Å². The highest BCUT2D eigenvalue weighted by atomic mass is 16.5. The van der Waals surface area contributed by atoms with Crippen LogP contribution in [0, 0.1) is 12.8 Å². The monoisotopic (exact) mass is 449 g/mol. The van der Waals surface area contributed by atoms with Crippen molar-refractivity contribution in [1.82, 2.24) is 15.8 Å². The van der Waals surface area contributed by atoms with Crippen LogP contribution >= 0.6 is 0 Å². The summed E-state index contributed by atoms with van der Waals surface area (Å²) < 4.78 is 11.4. The summed E-state index contributed by atoms with van der Waals surface area (Å²) in [5, 5.41) is 12.8. The third-order valence-corrected chi connectivity index (χ3v) is 5.80. The van der Waals surface area contributed by atoms with Gasteiger partial charge in [-0.25, -0.2) is 5.48 Å². The van der Waals surface area contributed by atoms with Crippen LogP contribution in [-0.2, 0) is 16.1 Å². The van der Waals surface area contributed by atoms with Gasteiger partial charge in [-0.3, -0.25) is 19.8 Å². The van der Waals surface area contributed by atoms with Crippen LogP contribution in [0.3, 0.4) is 0 Å². The second-order valence-corrected chi connectivity index (χ2v) is 8.20. The number of aryl methyl sites for hydroxylation is 1. The molecule has 1 aromatic heterocycles. The van der Waals surface area contributed by atoms with Gasteiger partial charge in [0.15, 0.2) is 0 Å². The fourth-order valence-electron chi connectivity index (χ4n) is 4.10. The minimum atomic E-state index is -0.497. The zero-order valence-corrected chi connectivity index (χ0v) is 18.4. The van der Waals surface area contributed by atoms with E-state index in [2.05, 4.69) is 10.3 Å². The topological polar surface area (TPSA) is 110 Å². The fraction of sp³-hybridized carbons (Fsp3) is 0.320. The molecule has 2 aromatic carbocycles. The Morgan fingerprint density at radius 1 is 1.18 bits per heavy atom.